The number of aromatic nitrogens is 1. The molecule has 0 aliphatic rings. The van der Waals surface area contributed by atoms with Crippen molar-refractivity contribution in [3.8, 4) is 21.1 Å². The van der Waals surface area contributed by atoms with Gasteiger partial charge in [-0.15, -0.1) is 22.7 Å². The Balaban J connectivity index is 2.02. The van der Waals surface area contributed by atoms with E-state index in [4.69, 9.17) is 4.98 Å². The molecule has 1 nitrogen and oxygen atoms in total. The summed E-state index contributed by atoms with van der Waals surface area (Å²) in [7, 11) is 0. The molecule has 0 aliphatic carbocycles. The van der Waals surface area contributed by atoms with Gasteiger partial charge in [-0.2, -0.15) is 0 Å². The molecule has 0 saturated heterocycles. The van der Waals surface area contributed by atoms with Gasteiger partial charge < -0.3 is 0 Å². The van der Waals surface area contributed by atoms with Gasteiger partial charge in [0, 0.05) is 15.4 Å². The first-order chi connectivity index (χ1) is 8.74. The van der Waals surface area contributed by atoms with Crippen LogP contribution in [0.4, 0.5) is 0 Å². The topological polar surface area (TPSA) is 12.9 Å². The van der Waals surface area contributed by atoms with Gasteiger partial charge in [0.15, 0.2) is 0 Å². The largest absolute Gasteiger partial charge is 0.235 e. The van der Waals surface area contributed by atoms with Crippen LogP contribution in [0.3, 0.4) is 0 Å². The van der Waals surface area contributed by atoms with E-state index < -0.39 is 0 Å². The van der Waals surface area contributed by atoms with Crippen molar-refractivity contribution in [2.75, 3.05) is 0 Å². The van der Waals surface area contributed by atoms with E-state index in [1.165, 1.54) is 4.88 Å². The van der Waals surface area contributed by atoms with Crippen LogP contribution in [0.15, 0.2) is 50.0 Å². The Hall–Kier alpha value is -0.490. The van der Waals surface area contributed by atoms with Crippen molar-refractivity contribution < 1.29 is 0 Å². The lowest BCUT2D eigenvalue weighted by Gasteiger charge is -1.98. The standard InChI is InChI=1S/C13H7Br2NS2/c14-9-4-2-1-3-8(9)13-16-10(7-17-13)11-5-6-12(15)18-11/h1-7H. The number of nitrogens with zero attached hydrogens (tertiary/aromatic N) is 1. The van der Waals surface area contributed by atoms with Crippen molar-refractivity contribution in [1.82, 2.24) is 4.98 Å². The van der Waals surface area contributed by atoms with Crippen LogP contribution in [0.25, 0.3) is 21.1 Å². The van der Waals surface area contributed by atoms with Gasteiger partial charge in [-0.1, -0.05) is 34.1 Å². The highest BCUT2D eigenvalue weighted by Gasteiger charge is 2.10. The summed E-state index contributed by atoms with van der Waals surface area (Å²) < 4.78 is 2.21. The highest BCUT2D eigenvalue weighted by atomic mass is 79.9. The number of hydrogen-bond donors (Lipinski definition) is 0. The van der Waals surface area contributed by atoms with E-state index in [9.17, 15) is 0 Å². The van der Waals surface area contributed by atoms with Crippen LogP contribution in [0, 0.1) is 0 Å². The maximum absolute atomic E-state index is 4.70. The van der Waals surface area contributed by atoms with Crippen LogP contribution in [0.5, 0.6) is 0 Å². The predicted octanol–water partition coefficient (Wildman–Crippen LogP) is 6.06. The third kappa shape index (κ3) is 2.45. The first-order valence-electron chi connectivity index (χ1n) is 5.20. The summed E-state index contributed by atoms with van der Waals surface area (Å²) in [5.74, 6) is 0. The van der Waals surface area contributed by atoms with Gasteiger partial charge in [0.25, 0.3) is 0 Å². The number of benzene rings is 1. The fourth-order valence-electron chi connectivity index (χ4n) is 1.60. The zero-order valence-corrected chi connectivity index (χ0v) is 13.9. The van der Waals surface area contributed by atoms with Crippen molar-refractivity contribution in [3.05, 3.63) is 50.0 Å². The molecule has 0 fully saturated rings. The molecule has 0 aliphatic heterocycles. The summed E-state index contributed by atoms with van der Waals surface area (Å²) in [5, 5.41) is 3.15. The summed E-state index contributed by atoms with van der Waals surface area (Å²) in [6.07, 6.45) is 0. The minimum Gasteiger partial charge on any atom is -0.235 e. The highest BCUT2D eigenvalue weighted by Crippen LogP contribution is 2.36. The minimum absolute atomic E-state index is 1.04. The fourth-order valence-corrected chi connectivity index (χ4v) is 4.48. The van der Waals surface area contributed by atoms with E-state index in [2.05, 4.69) is 55.4 Å². The first-order valence-corrected chi connectivity index (χ1v) is 8.48. The van der Waals surface area contributed by atoms with Crippen molar-refractivity contribution in [2.45, 2.75) is 0 Å². The van der Waals surface area contributed by atoms with Gasteiger partial charge in [-0.25, -0.2) is 4.98 Å². The van der Waals surface area contributed by atoms with E-state index in [-0.39, 0.29) is 0 Å². The Morgan fingerprint density at radius 1 is 1.00 bits per heavy atom. The Morgan fingerprint density at radius 2 is 1.83 bits per heavy atom. The Labute approximate surface area is 130 Å². The normalized spacial score (nSPS) is 10.8. The predicted molar refractivity (Wildman–Crippen MR) is 86.3 cm³/mol. The zero-order valence-electron chi connectivity index (χ0n) is 9.06. The van der Waals surface area contributed by atoms with Crippen molar-refractivity contribution in [2.24, 2.45) is 0 Å². The second-order valence-corrected chi connectivity index (χ2v) is 7.80. The second-order valence-electron chi connectivity index (χ2n) is 3.62. The van der Waals surface area contributed by atoms with Crippen molar-refractivity contribution in [1.29, 1.82) is 0 Å². The number of hydrogen-bond acceptors (Lipinski definition) is 3. The summed E-state index contributed by atoms with van der Waals surface area (Å²) in [6, 6.07) is 12.3. The number of halogens is 2. The molecule has 0 spiro atoms. The van der Waals surface area contributed by atoms with E-state index in [0.29, 0.717) is 0 Å². The van der Waals surface area contributed by atoms with Crippen LogP contribution in [-0.4, -0.2) is 4.98 Å². The lowest BCUT2D eigenvalue weighted by Crippen LogP contribution is -1.78. The van der Waals surface area contributed by atoms with E-state index in [0.717, 1.165) is 24.5 Å². The molecule has 0 atom stereocenters. The molecule has 18 heavy (non-hydrogen) atoms. The maximum Gasteiger partial charge on any atom is 0.125 e. The zero-order chi connectivity index (χ0) is 12.5. The molecule has 2 aromatic heterocycles. The Morgan fingerprint density at radius 3 is 2.56 bits per heavy atom. The second kappa shape index (κ2) is 5.25. The third-order valence-corrected chi connectivity index (χ3v) is 5.65. The minimum atomic E-state index is 1.04. The van der Waals surface area contributed by atoms with Crippen LogP contribution in [-0.2, 0) is 0 Å². The molecule has 0 N–H and O–H groups in total. The average Bonchev–Trinajstić information content (AvgIpc) is 2.98. The molecule has 5 heteroatoms. The molecule has 0 radical (unpaired) electrons. The first kappa shape index (κ1) is 12.5. The molecule has 0 unspecified atom stereocenters. The smallest absolute Gasteiger partial charge is 0.125 e. The van der Waals surface area contributed by atoms with E-state index in [1.807, 2.05) is 18.2 Å². The maximum atomic E-state index is 4.70. The van der Waals surface area contributed by atoms with Crippen LogP contribution in [0.1, 0.15) is 0 Å². The number of rotatable bonds is 2. The Kier molecular flexibility index (Phi) is 3.66. The van der Waals surface area contributed by atoms with Gasteiger partial charge in [0.2, 0.25) is 0 Å². The van der Waals surface area contributed by atoms with E-state index >= 15 is 0 Å². The SMILES string of the molecule is Brc1ccc(-c2csc(-c3ccccc3Br)n2)s1. The van der Waals surface area contributed by atoms with Crippen LogP contribution >= 0.6 is 54.5 Å². The molecular formula is C13H7Br2NS2. The fraction of sp³-hybridized carbons (Fsp3) is 0. The summed E-state index contributed by atoms with van der Waals surface area (Å²) >= 11 is 10.4. The molecule has 0 bridgehead atoms. The summed E-state index contributed by atoms with van der Waals surface area (Å²) in [4.78, 5) is 5.89. The van der Waals surface area contributed by atoms with Crippen LogP contribution < -0.4 is 0 Å². The molecule has 3 rings (SSSR count). The van der Waals surface area contributed by atoms with Gasteiger partial charge >= 0.3 is 0 Å². The average molecular weight is 401 g/mol. The van der Waals surface area contributed by atoms with Crippen LogP contribution in [0.2, 0.25) is 0 Å². The summed E-state index contributed by atoms with van der Waals surface area (Å²) in [5.41, 5.74) is 2.19. The molecule has 90 valence electrons. The quantitative estimate of drug-likeness (QED) is 0.509. The van der Waals surface area contributed by atoms with Gasteiger partial charge in [-0.05, 0) is 34.1 Å². The molecule has 2 heterocycles. The molecule has 3 aromatic rings. The van der Waals surface area contributed by atoms with Crippen molar-refractivity contribution in [3.63, 3.8) is 0 Å². The molecule has 0 saturated carbocycles. The molecule has 1 aromatic carbocycles. The highest BCUT2D eigenvalue weighted by molar-refractivity contribution is 9.11. The van der Waals surface area contributed by atoms with Gasteiger partial charge in [-0.3, -0.25) is 0 Å². The monoisotopic (exact) mass is 399 g/mol. The van der Waals surface area contributed by atoms with Gasteiger partial charge in [0.1, 0.15) is 5.01 Å². The number of thiophene rings is 1. The third-order valence-electron chi connectivity index (χ3n) is 2.43. The van der Waals surface area contributed by atoms with Gasteiger partial charge in [0.05, 0.1) is 14.4 Å². The summed E-state index contributed by atoms with van der Waals surface area (Å²) in [6.45, 7) is 0. The van der Waals surface area contributed by atoms with E-state index in [1.54, 1.807) is 22.7 Å². The molecular weight excluding hydrogens is 394 g/mol. The Bertz CT molecular complexity index is 688. The molecule has 0 amide bonds. The van der Waals surface area contributed by atoms with Crippen molar-refractivity contribution >= 4 is 54.5 Å². The number of thiazole rings is 1. The lowest BCUT2D eigenvalue weighted by atomic mass is 10.2. The lowest BCUT2D eigenvalue weighted by molar-refractivity contribution is 1.41.